The van der Waals surface area contributed by atoms with Crippen LogP contribution >= 0.6 is 11.8 Å². The Morgan fingerprint density at radius 3 is 2.81 bits per heavy atom. The van der Waals surface area contributed by atoms with Crippen LogP contribution in [-0.4, -0.2) is 35.0 Å². The normalized spacial score (nSPS) is 34.6. The minimum atomic E-state index is -0.128. The first-order valence-corrected chi connectivity index (χ1v) is 7.19. The summed E-state index contributed by atoms with van der Waals surface area (Å²) in [6.45, 7) is 7.09. The Hall–Kier alpha value is -0.220. The molecule has 1 unspecified atom stereocenters. The van der Waals surface area contributed by atoms with E-state index in [0.717, 1.165) is 6.54 Å². The lowest BCUT2D eigenvalue weighted by Crippen LogP contribution is -2.57. The molecule has 2 saturated heterocycles. The molecule has 2 rings (SSSR count). The maximum Gasteiger partial charge on any atom is 0.237 e. The molecule has 2 aliphatic rings. The van der Waals surface area contributed by atoms with E-state index >= 15 is 0 Å². The predicted octanol–water partition coefficient (Wildman–Crippen LogP) is 1.38. The quantitative estimate of drug-likeness (QED) is 0.730. The van der Waals surface area contributed by atoms with E-state index in [1.165, 1.54) is 18.6 Å². The molecular weight excluding hydrogens is 220 g/mol. The largest absolute Gasteiger partial charge is 0.350 e. The molecule has 0 aromatic heterocycles. The average molecular weight is 242 g/mol. The van der Waals surface area contributed by atoms with Crippen LogP contribution in [0.25, 0.3) is 0 Å². The maximum atomic E-state index is 12.2. The van der Waals surface area contributed by atoms with Crippen molar-refractivity contribution >= 4 is 17.7 Å². The number of amides is 1. The van der Waals surface area contributed by atoms with Crippen molar-refractivity contribution in [2.75, 3.05) is 12.3 Å². The minimum Gasteiger partial charge on any atom is -0.350 e. The van der Waals surface area contributed by atoms with Crippen LogP contribution in [0.4, 0.5) is 0 Å². The molecule has 16 heavy (non-hydrogen) atoms. The van der Waals surface area contributed by atoms with Crippen LogP contribution < -0.4 is 10.6 Å². The summed E-state index contributed by atoms with van der Waals surface area (Å²) in [6, 6.07) is 0.0352. The molecule has 3 nitrogen and oxygen atoms in total. The topological polar surface area (TPSA) is 41.1 Å². The monoisotopic (exact) mass is 242 g/mol. The Kier molecular flexibility index (Phi) is 3.50. The number of fused-ring (bicyclic) bond motifs is 1. The number of piperidine rings is 1. The van der Waals surface area contributed by atoms with Crippen molar-refractivity contribution < 1.29 is 4.79 Å². The summed E-state index contributed by atoms with van der Waals surface area (Å²) in [7, 11) is 0. The number of hydrogen-bond acceptors (Lipinski definition) is 3. The molecule has 3 atom stereocenters. The lowest BCUT2D eigenvalue weighted by molar-refractivity contribution is -0.126. The van der Waals surface area contributed by atoms with Gasteiger partial charge in [0.25, 0.3) is 0 Å². The minimum absolute atomic E-state index is 0.0352. The van der Waals surface area contributed by atoms with Gasteiger partial charge in [-0.3, -0.25) is 4.79 Å². The summed E-state index contributed by atoms with van der Waals surface area (Å²) in [5.41, 5.74) is -0.128. The SMILES string of the molecule is CC(C)(C)NC(=O)C1NCC[C@@H]2SCC[C@H]12. The van der Waals surface area contributed by atoms with Gasteiger partial charge in [-0.05, 0) is 51.8 Å². The third-order valence-electron chi connectivity index (χ3n) is 3.26. The first kappa shape index (κ1) is 12.2. The van der Waals surface area contributed by atoms with Gasteiger partial charge < -0.3 is 10.6 Å². The smallest absolute Gasteiger partial charge is 0.237 e. The van der Waals surface area contributed by atoms with E-state index in [4.69, 9.17) is 0 Å². The molecule has 2 fully saturated rings. The second kappa shape index (κ2) is 4.57. The van der Waals surface area contributed by atoms with E-state index < -0.39 is 0 Å². The van der Waals surface area contributed by atoms with Crippen molar-refractivity contribution in [1.82, 2.24) is 10.6 Å². The van der Waals surface area contributed by atoms with Crippen molar-refractivity contribution in [3.63, 3.8) is 0 Å². The second-order valence-corrected chi connectivity index (χ2v) is 7.17. The number of nitrogens with one attached hydrogen (secondary N) is 2. The van der Waals surface area contributed by atoms with Gasteiger partial charge in [-0.25, -0.2) is 0 Å². The summed E-state index contributed by atoms with van der Waals surface area (Å²) in [4.78, 5) is 12.2. The number of hydrogen-bond donors (Lipinski definition) is 2. The van der Waals surface area contributed by atoms with Gasteiger partial charge in [-0.15, -0.1) is 0 Å². The first-order valence-electron chi connectivity index (χ1n) is 6.14. The van der Waals surface area contributed by atoms with E-state index in [2.05, 4.69) is 10.6 Å². The van der Waals surface area contributed by atoms with E-state index in [-0.39, 0.29) is 17.5 Å². The average Bonchev–Trinajstić information content (AvgIpc) is 2.61. The van der Waals surface area contributed by atoms with E-state index in [0.29, 0.717) is 11.2 Å². The molecule has 0 aromatic carbocycles. The molecule has 0 spiro atoms. The molecule has 0 saturated carbocycles. The highest BCUT2D eigenvalue weighted by Crippen LogP contribution is 2.38. The highest BCUT2D eigenvalue weighted by molar-refractivity contribution is 8.00. The predicted molar refractivity (Wildman–Crippen MR) is 68.7 cm³/mol. The Balaban J connectivity index is 2.00. The van der Waals surface area contributed by atoms with E-state index in [9.17, 15) is 4.79 Å². The van der Waals surface area contributed by atoms with Crippen molar-refractivity contribution in [2.45, 2.75) is 50.4 Å². The summed E-state index contributed by atoms with van der Waals surface area (Å²) < 4.78 is 0. The van der Waals surface area contributed by atoms with Gasteiger partial charge in [-0.1, -0.05) is 0 Å². The van der Waals surface area contributed by atoms with Gasteiger partial charge >= 0.3 is 0 Å². The van der Waals surface area contributed by atoms with Crippen molar-refractivity contribution in [3.05, 3.63) is 0 Å². The van der Waals surface area contributed by atoms with Gasteiger partial charge in [0.15, 0.2) is 0 Å². The molecule has 0 bridgehead atoms. The fourth-order valence-electron chi connectivity index (χ4n) is 2.61. The Bertz CT molecular complexity index is 275. The molecule has 2 heterocycles. The van der Waals surface area contributed by atoms with E-state index in [1.54, 1.807) is 0 Å². The third-order valence-corrected chi connectivity index (χ3v) is 4.75. The molecule has 2 N–H and O–H groups in total. The van der Waals surface area contributed by atoms with Crippen LogP contribution in [-0.2, 0) is 4.79 Å². The highest BCUT2D eigenvalue weighted by Gasteiger charge is 2.41. The Labute approximate surface area is 102 Å². The Morgan fingerprint density at radius 2 is 2.12 bits per heavy atom. The zero-order valence-corrected chi connectivity index (χ0v) is 11.2. The van der Waals surface area contributed by atoms with Gasteiger partial charge in [0.1, 0.15) is 0 Å². The zero-order chi connectivity index (χ0) is 11.8. The summed E-state index contributed by atoms with van der Waals surface area (Å²) in [5.74, 6) is 1.95. The van der Waals surface area contributed by atoms with Crippen LogP contribution in [0.15, 0.2) is 0 Å². The molecule has 0 aromatic rings. The summed E-state index contributed by atoms with van der Waals surface area (Å²) in [5, 5.41) is 7.18. The molecule has 2 aliphatic heterocycles. The Morgan fingerprint density at radius 1 is 1.38 bits per heavy atom. The van der Waals surface area contributed by atoms with Crippen molar-refractivity contribution in [2.24, 2.45) is 5.92 Å². The highest BCUT2D eigenvalue weighted by atomic mass is 32.2. The fourth-order valence-corrected chi connectivity index (χ4v) is 4.15. The van der Waals surface area contributed by atoms with Crippen LogP contribution in [0, 0.1) is 5.92 Å². The van der Waals surface area contributed by atoms with Crippen molar-refractivity contribution in [3.8, 4) is 0 Å². The van der Waals surface area contributed by atoms with E-state index in [1.807, 2.05) is 32.5 Å². The number of carbonyl (C=O) groups excluding carboxylic acids is 1. The van der Waals surface area contributed by atoms with Gasteiger partial charge in [0, 0.05) is 10.8 Å². The summed E-state index contributed by atoms with van der Waals surface area (Å²) >= 11 is 2.05. The lowest BCUT2D eigenvalue weighted by Gasteiger charge is -2.35. The lowest BCUT2D eigenvalue weighted by atomic mass is 9.87. The van der Waals surface area contributed by atoms with Gasteiger partial charge in [0.05, 0.1) is 6.04 Å². The molecule has 1 amide bonds. The van der Waals surface area contributed by atoms with Crippen LogP contribution in [0.1, 0.15) is 33.6 Å². The molecule has 0 aliphatic carbocycles. The number of carbonyl (C=O) groups is 1. The standard InChI is InChI=1S/C12H22N2OS/c1-12(2,3)14-11(15)10-8-5-7-16-9(8)4-6-13-10/h8-10,13H,4-7H2,1-3H3,(H,14,15)/t8-,9-,10?/m0/s1. The molecular formula is C12H22N2OS. The van der Waals surface area contributed by atoms with Crippen LogP contribution in [0.3, 0.4) is 0 Å². The molecule has 0 radical (unpaired) electrons. The molecule has 92 valence electrons. The zero-order valence-electron chi connectivity index (χ0n) is 10.4. The van der Waals surface area contributed by atoms with Gasteiger partial charge in [0.2, 0.25) is 5.91 Å². The van der Waals surface area contributed by atoms with Crippen LogP contribution in [0.5, 0.6) is 0 Å². The fraction of sp³-hybridized carbons (Fsp3) is 0.917. The number of thioether (sulfide) groups is 1. The van der Waals surface area contributed by atoms with Crippen molar-refractivity contribution in [1.29, 1.82) is 0 Å². The van der Waals surface area contributed by atoms with Gasteiger partial charge in [-0.2, -0.15) is 11.8 Å². The maximum absolute atomic E-state index is 12.2. The first-order chi connectivity index (χ1) is 7.47. The van der Waals surface area contributed by atoms with Crippen LogP contribution in [0.2, 0.25) is 0 Å². The number of rotatable bonds is 1. The second-order valence-electron chi connectivity index (χ2n) is 5.82. The molecule has 4 heteroatoms. The summed E-state index contributed by atoms with van der Waals surface area (Å²) in [6.07, 6.45) is 2.40. The third kappa shape index (κ3) is 2.72.